The first-order valence-electron chi connectivity index (χ1n) is 8.20. The summed E-state index contributed by atoms with van der Waals surface area (Å²) in [5.74, 6) is 0.691. The van der Waals surface area contributed by atoms with Crippen LogP contribution in [0.15, 0.2) is 41.3 Å². The van der Waals surface area contributed by atoms with Crippen molar-refractivity contribution in [2.45, 2.75) is 43.0 Å². The molecule has 2 aromatic rings. The molecule has 0 fully saturated rings. The van der Waals surface area contributed by atoms with E-state index >= 15 is 0 Å². The minimum atomic E-state index is -0.549. The van der Waals surface area contributed by atoms with Crippen LogP contribution >= 0.6 is 34.7 Å². The van der Waals surface area contributed by atoms with Crippen LogP contribution < -0.4 is 4.90 Å². The van der Waals surface area contributed by atoms with E-state index in [0.29, 0.717) is 13.0 Å². The lowest BCUT2D eigenvalue weighted by atomic mass is 10.1. The number of rotatable bonds is 9. The lowest BCUT2D eigenvalue weighted by molar-refractivity contribution is -0.118. The third kappa shape index (κ3) is 5.30. The van der Waals surface area contributed by atoms with Crippen molar-refractivity contribution in [2.24, 2.45) is 0 Å². The Hall–Kier alpha value is -1.37. The Bertz CT molecular complexity index is 720. The highest BCUT2D eigenvalue weighted by atomic mass is 35.5. The Morgan fingerprint density at radius 2 is 2.16 bits per heavy atom. The Labute approximate surface area is 162 Å². The summed E-state index contributed by atoms with van der Waals surface area (Å²) in [5.41, 5.74) is 2.01. The largest absolute Gasteiger partial charge is 0.304 e. The number of benzene rings is 1. The monoisotopic (exact) mass is 395 g/mol. The number of hydrogen-bond donors (Lipinski definition) is 0. The van der Waals surface area contributed by atoms with Crippen molar-refractivity contribution in [2.75, 3.05) is 10.7 Å². The van der Waals surface area contributed by atoms with Crippen molar-refractivity contribution in [3.63, 3.8) is 0 Å². The molecule has 1 amide bonds. The molecule has 7 heteroatoms. The summed E-state index contributed by atoms with van der Waals surface area (Å²) in [6.07, 6.45) is 3.26. The molecule has 0 bridgehead atoms. The molecule has 0 aliphatic carbocycles. The second-order valence-electron chi connectivity index (χ2n) is 5.34. The second-order valence-corrected chi connectivity index (χ2v) is 8.20. The highest BCUT2D eigenvalue weighted by molar-refractivity contribution is 8.01. The maximum absolute atomic E-state index is 12.9. The number of anilines is 1. The van der Waals surface area contributed by atoms with Crippen molar-refractivity contribution < 1.29 is 4.79 Å². The van der Waals surface area contributed by atoms with E-state index in [2.05, 4.69) is 23.7 Å². The molecule has 1 atom stereocenters. The molecule has 1 unspecified atom stereocenters. The number of aryl methyl sites for hydroxylation is 1. The van der Waals surface area contributed by atoms with Crippen molar-refractivity contribution in [1.82, 2.24) is 10.2 Å². The molecule has 0 saturated heterocycles. The van der Waals surface area contributed by atoms with E-state index in [0.717, 1.165) is 32.8 Å². The van der Waals surface area contributed by atoms with Gasteiger partial charge < -0.3 is 4.90 Å². The molecule has 4 nitrogen and oxygen atoms in total. The number of hydrogen-bond acceptors (Lipinski definition) is 5. The molecule has 0 saturated carbocycles. The first kappa shape index (κ1) is 19.9. The summed E-state index contributed by atoms with van der Waals surface area (Å²) in [6, 6.07) is 7.92. The lowest BCUT2D eigenvalue weighted by Gasteiger charge is -2.26. The Kier molecular flexibility index (Phi) is 7.93. The van der Waals surface area contributed by atoms with Gasteiger partial charge in [-0.3, -0.25) is 4.79 Å². The van der Waals surface area contributed by atoms with Gasteiger partial charge >= 0.3 is 0 Å². The van der Waals surface area contributed by atoms with Crippen molar-refractivity contribution in [3.05, 3.63) is 47.5 Å². The van der Waals surface area contributed by atoms with Gasteiger partial charge in [0.15, 0.2) is 4.34 Å². The van der Waals surface area contributed by atoms with Gasteiger partial charge in [0.1, 0.15) is 10.4 Å². The number of carbonyl (C=O) groups is 1. The number of thioether (sulfide) groups is 1. The first-order valence-corrected chi connectivity index (χ1v) is 10.4. The topological polar surface area (TPSA) is 46.1 Å². The third-order valence-corrected chi connectivity index (χ3v) is 6.15. The molecule has 2 rings (SSSR count). The Balaban J connectivity index is 2.30. The molecule has 1 heterocycles. The summed E-state index contributed by atoms with van der Waals surface area (Å²) in [4.78, 5) is 14.6. The molecule has 1 aromatic carbocycles. The quantitative estimate of drug-likeness (QED) is 0.343. The summed E-state index contributed by atoms with van der Waals surface area (Å²) in [7, 11) is 0. The average Bonchev–Trinajstić information content (AvgIpc) is 3.10. The predicted octanol–water partition coefficient (Wildman–Crippen LogP) is 4.93. The normalized spacial score (nSPS) is 12.0. The summed E-state index contributed by atoms with van der Waals surface area (Å²) in [5, 5.41) is 8.66. The summed E-state index contributed by atoms with van der Waals surface area (Å²) < 4.78 is 0.879. The molecule has 0 N–H and O–H groups in total. The fraction of sp³-hybridized carbons (Fsp3) is 0.389. The fourth-order valence-corrected chi connectivity index (χ4v) is 4.09. The number of para-hydroxylation sites is 1. The molecule has 0 spiro atoms. The zero-order valence-corrected chi connectivity index (χ0v) is 16.8. The number of alkyl halides is 1. The number of amides is 1. The lowest BCUT2D eigenvalue weighted by Crippen LogP contribution is -2.36. The first-order chi connectivity index (χ1) is 12.1. The standard InChI is InChI=1S/C18H22ClN3OS2/c1-4-11-24-18-21-20-16(25-18)12-22(17(23)14(19)6-3)15-10-8-7-9-13(15)5-2/h4,7-10,14H,1,5-6,11-12H2,2-3H3. The number of nitrogens with zero attached hydrogens (tertiary/aromatic N) is 3. The van der Waals surface area contributed by atoms with Crippen LogP contribution in [0.5, 0.6) is 0 Å². The molecule has 0 aliphatic heterocycles. The molecular weight excluding hydrogens is 374 g/mol. The minimum absolute atomic E-state index is 0.0967. The smallest absolute Gasteiger partial charge is 0.245 e. The highest BCUT2D eigenvalue weighted by Crippen LogP contribution is 2.28. The van der Waals surface area contributed by atoms with E-state index in [1.165, 1.54) is 11.3 Å². The molecule has 134 valence electrons. The molecule has 0 radical (unpaired) electrons. The van der Waals surface area contributed by atoms with Crippen LogP contribution in [0.2, 0.25) is 0 Å². The number of halogens is 1. The van der Waals surface area contributed by atoms with Gasteiger partial charge in [-0.15, -0.1) is 28.4 Å². The molecule has 0 aliphatic rings. The summed E-state index contributed by atoms with van der Waals surface area (Å²) >= 11 is 9.35. The maximum Gasteiger partial charge on any atom is 0.245 e. The van der Waals surface area contributed by atoms with Crippen LogP contribution in [0.3, 0.4) is 0 Å². The number of aromatic nitrogens is 2. The van der Waals surface area contributed by atoms with Crippen LogP contribution in [0.25, 0.3) is 0 Å². The molecule has 1 aromatic heterocycles. The van der Waals surface area contributed by atoms with E-state index in [9.17, 15) is 4.79 Å². The van der Waals surface area contributed by atoms with Gasteiger partial charge in [0.05, 0.1) is 6.54 Å². The van der Waals surface area contributed by atoms with Crippen LogP contribution in [0.1, 0.15) is 30.8 Å². The highest BCUT2D eigenvalue weighted by Gasteiger charge is 2.25. The molecule has 25 heavy (non-hydrogen) atoms. The van der Waals surface area contributed by atoms with Crippen molar-refractivity contribution >= 4 is 46.3 Å². The van der Waals surface area contributed by atoms with Gasteiger partial charge in [-0.05, 0) is 24.5 Å². The minimum Gasteiger partial charge on any atom is -0.304 e. The van der Waals surface area contributed by atoms with Gasteiger partial charge in [0.2, 0.25) is 5.91 Å². The van der Waals surface area contributed by atoms with E-state index in [-0.39, 0.29) is 5.91 Å². The number of carbonyl (C=O) groups excluding carboxylic acids is 1. The predicted molar refractivity (Wildman–Crippen MR) is 108 cm³/mol. The zero-order chi connectivity index (χ0) is 18.2. The Morgan fingerprint density at radius 1 is 1.40 bits per heavy atom. The van der Waals surface area contributed by atoms with Crippen molar-refractivity contribution in [1.29, 1.82) is 0 Å². The van der Waals surface area contributed by atoms with E-state index in [4.69, 9.17) is 11.6 Å². The van der Waals surface area contributed by atoms with E-state index in [1.807, 2.05) is 37.3 Å². The average molecular weight is 396 g/mol. The van der Waals surface area contributed by atoms with Gasteiger partial charge in [-0.1, -0.05) is 61.2 Å². The van der Waals surface area contributed by atoms with Crippen LogP contribution in [0, 0.1) is 0 Å². The van der Waals surface area contributed by atoms with Crippen LogP contribution in [-0.2, 0) is 17.8 Å². The Morgan fingerprint density at radius 3 is 2.84 bits per heavy atom. The van der Waals surface area contributed by atoms with E-state index < -0.39 is 5.38 Å². The van der Waals surface area contributed by atoms with Crippen LogP contribution in [0.4, 0.5) is 5.69 Å². The van der Waals surface area contributed by atoms with Gasteiger partial charge in [-0.2, -0.15) is 0 Å². The third-order valence-electron chi connectivity index (χ3n) is 3.62. The van der Waals surface area contributed by atoms with E-state index in [1.54, 1.807) is 16.7 Å². The SMILES string of the molecule is C=CCSc1nnc(CN(C(=O)C(Cl)CC)c2ccccc2CC)s1. The second kappa shape index (κ2) is 9.94. The van der Waals surface area contributed by atoms with Gasteiger partial charge in [0, 0.05) is 11.4 Å². The van der Waals surface area contributed by atoms with Crippen LogP contribution in [-0.4, -0.2) is 27.2 Å². The maximum atomic E-state index is 12.9. The van der Waals surface area contributed by atoms with Crippen molar-refractivity contribution in [3.8, 4) is 0 Å². The van der Waals surface area contributed by atoms with Gasteiger partial charge in [-0.25, -0.2) is 0 Å². The molecular formula is C18H22ClN3OS2. The summed E-state index contributed by atoms with van der Waals surface area (Å²) in [6.45, 7) is 8.08. The van der Waals surface area contributed by atoms with Gasteiger partial charge in [0.25, 0.3) is 0 Å². The fourth-order valence-electron chi connectivity index (χ4n) is 2.32. The zero-order valence-electron chi connectivity index (χ0n) is 14.4.